The van der Waals surface area contributed by atoms with E-state index in [0.717, 1.165) is 21.2 Å². The maximum Gasteiger partial charge on any atom is 0.252 e. The van der Waals surface area contributed by atoms with Gasteiger partial charge in [0.15, 0.2) is 6.29 Å². The van der Waals surface area contributed by atoms with Crippen LogP contribution >= 0.6 is 11.8 Å². The fourth-order valence-corrected chi connectivity index (χ4v) is 4.69. The second-order valence-electron chi connectivity index (χ2n) is 8.25. The first kappa shape index (κ1) is 21.7. The highest BCUT2D eigenvalue weighted by Crippen LogP contribution is 2.44. The minimum Gasteiger partial charge on any atom is -0.366 e. The van der Waals surface area contributed by atoms with Gasteiger partial charge in [-0.05, 0) is 49.1 Å². The Bertz CT molecular complexity index is 981. The normalized spacial score (nSPS) is 20.4. The topological polar surface area (TPSA) is 99.7 Å². The predicted octanol–water partition coefficient (Wildman–Crippen LogP) is 3.26. The highest BCUT2D eigenvalue weighted by Gasteiger charge is 2.31. The van der Waals surface area contributed by atoms with Crippen molar-refractivity contribution in [1.82, 2.24) is 10.6 Å². The van der Waals surface area contributed by atoms with Gasteiger partial charge in [0.25, 0.3) is 5.91 Å². The first-order valence-electron chi connectivity index (χ1n) is 10.5. The summed E-state index contributed by atoms with van der Waals surface area (Å²) < 4.78 is 5.10. The Hall–Kier alpha value is -2.55. The molecule has 2 aliphatic heterocycles. The molecule has 3 atom stereocenters. The summed E-state index contributed by atoms with van der Waals surface area (Å²) in [6.07, 6.45) is 0.0323. The number of rotatable bonds is 6. The van der Waals surface area contributed by atoms with Crippen LogP contribution in [-0.2, 0) is 9.53 Å². The number of para-hydroxylation sites is 1. The minimum absolute atomic E-state index is 0.207. The van der Waals surface area contributed by atoms with Crippen LogP contribution in [0.15, 0.2) is 52.3 Å². The number of nitrogens with one attached hydrogen (secondary N) is 3. The van der Waals surface area contributed by atoms with Crippen LogP contribution in [0.4, 0.5) is 11.4 Å². The molecule has 0 spiro atoms. The van der Waals surface area contributed by atoms with Crippen LogP contribution < -0.4 is 16.0 Å². The predicted molar refractivity (Wildman–Crippen MR) is 120 cm³/mol. The Labute approximate surface area is 185 Å². The van der Waals surface area contributed by atoms with Gasteiger partial charge < -0.3 is 25.8 Å². The Morgan fingerprint density at radius 1 is 1.19 bits per heavy atom. The molecule has 2 amide bonds. The number of hydrogen-bond acceptors (Lipinski definition) is 6. The van der Waals surface area contributed by atoms with Gasteiger partial charge in [0, 0.05) is 15.4 Å². The average Bonchev–Trinajstić information content (AvgIpc) is 3.15. The lowest BCUT2D eigenvalue weighted by Crippen LogP contribution is -2.51. The monoisotopic (exact) mass is 441 g/mol. The summed E-state index contributed by atoms with van der Waals surface area (Å²) in [6, 6.07) is 12.4. The maximum atomic E-state index is 13.0. The van der Waals surface area contributed by atoms with Crippen molar-refractivity contribution in [2.75, 3.05) is 11.9 Å². The first-order chi connectivity index (χ1) is 14.9. The van der Waals surface area contributed by atoms with Gasteiger partial charge in [0.1, 0.15) is 6.04 Å². The fraction of sp³-hybridized carbons (Fsp3) is 0.391. The summed E-state index contributed by atoms with van der Waals surface area (Å²) >= 11 is 1.65. The van der Waals surface area contributed by atoms with Gasteiger partial charge in [-0.15, -0.1) is 0 Å². The molecule has 4 rings (SSSR count). The molecule has 2 aromatic rings. The zero-order valence-corrected chi connectivity index (χ0v) is 18.4. The molecule has 0 radical (unpaired) electrons. The molecule has 0 bridgehead atoms. The lowest BCUT2D eigenvalue weighted by Gasteiger charge is -2.24. The highest BCUT2D eigenvalue weighted by atomic mass is 32.2. The van der Waals surface area contributed by atoms with Crippen molar-refractivity contribution >= 4 is 35.0 Å². The fourth-order valence-electron chi connectivity index (χ4n) is 3.73. The molecule has 2 aliphatic rings. The van der Waals surface area contributed by atoms with E-state index in [-0.39, 0.29) is 17.7 Å². The number of ether oxygens (including phenoxy) is 1. The molecule has 31 heavy (non-hydrogen) atoms. The lowest BCUT2D eigenvalue weighted by molar-refractivity contribution is -0.127. The number of carbonyl (C=O) groups excluding carboxylic acids is 2. The van der Waals surface area contributed by atoms with Gasteiger partial charge in [-0.25, -0.2) is 0 Å². The van der Waals surface area contributed by atoms with Crippen LogP contribution in [-0.4, -0.2) is 41.9 Å². The lowest BCUT2D eigenvalue weighted by atomic mass is 10.0. The molecular formula is C23H27N3O4S. The number of benzene rings is 2. The standard InChI is InChI=1S/C23H27N3O4S/c1-13(2)11-18(22(28)25-16-9-10-30-23(16)29)26-21(27)14-7-8-20-17(12-14)24-15-5-3-4-6-19(15)31-20/h3-8,12-13,16,18,23-24,29H,9-11H2,1-2H3,(H,25,28)(H,26,27)/t16-,18-,23?/m0/s1. The molecule has 2 heterocycles. The quantitative estimate of drug-likeness (QED) is 0.469. The molecule has 1 unspecified atom stereocenters. The van der Waals surface area contributed by atoms with E-state index in [4.69, 9.17) is 4.74 Å². The zero-order chi connectivity index (χ0) is 22.0. The Morgan fingerprint density at radius 2 is 1.97 bits per heavy atom. The van der Waals surface area contributed by atoms with Crippen LogP contribution in [0.3, 0.4) is 0 Å². The van der Waals surface area contributed by atoms with E-state index in [0.29, 0.717) is 25.0 Å². The summed E-state index contributed by atoms with van der Waals surface area (Å²) in [4.78, 5) is 28.0. The van der Waals surface area contributed by atoms with Crippen LogP contribution in [0.2, 0.25) is 0 Å². The van der Waals surface area contributed by atoms with Gasteiger partial charge in [-0.3, -0.25) is 9.59 Å². The Kier molecular flexibility index (Phi) is 6.50. The largest absolute Gasteiger partial charge is 0.366 e. The Morgan fingerprint density at radius 3 is 2.71 bits per heavy atom. The van der Waals surface area contributed by atoms with Crippen molar-refractivity contribution in [3.05, 3.63) is 48.0 Å². The van der Waals surface area contributed by atoms with Gasteiger partial charge in [0.2, 0.25) is 5.91 Å². The number of anilines is 2. The molecule has 0 saturated carbocycles. The first-order valence-corrected chi connectivity index (χ1v) is 11.3. The number of carbonyl (C=O) groups is 2. The molecule has 4 N–H and O–H groups in total. The maximum absolute atomic E-state index is 13.0. The third-order valence-corrected chi connectivity index (χ3v) is 6.49. The number of amides is 2. The van der Waals surface area contributed by atoms with Crippen molar-refractivity contribution in [1.29, 1.82) is 0 Å². The molecule has 7 nitrogen and oxygen atoms in total. The van der Waals surface area contributed by atoms with E-state index in [2.05, 4.69) is 22.0 Å². The summed E-state index contributed by atoms with van der Waals surface area (Å²) in [5.74, 6) is -0.409. The van der Waals surface area contributed by atoms with E-state index in [1.807, 2.05) is 44.2 Å². The number of aliphatic hydroxyl groups excluding tert-OH is 1. The van der Waals surface area contributed by atoms with E-state index >= 15 is 0 Å². The average molecular weight is 442 g/mol. The van der Waals surface area contributed by atoms with Crippen molar-refractivity contribution in [2.24, 2.45) is 5.92 Å². The molecule has 1 fully saturated rings. The molecule has 8 heteroatoms. The van der Waals surface area contributed by atoms with Crippen LogP contribution in [0.25, 0.3) is 0 Å². The minimum atomic E-state index is -1.01. The smallest absolute Gasteiger partial charge is 0.252 e. The van der Waals surface area contributed by atoms with Gasteiger partial charge >= 0.3 is 0 Å². The second-order valence-corrected chi connectivity index (χ2v) is 9.34. The third-order valence-electron chi connectivity index (χ3n) is 5.34. The SMILES string of the molecule is CC(C)C[C@H](NC(=O)c1ccc2c(c1)Nc1ccccc1S2)C(=O)N[C@H]1CCOC1O. The molecule has 0 aromatic heterocycles. The molecule has 1 saturated heterocycles. The summed E-state index contributed by atoms with van der Waals surface area (Å²) in [5, 5.41) is 18.9. The van der Waals surface area contributed by atoms with Crippen molar-refractivity contribution in [2.45, 2.75) is 54.9 Å². The van der Waals surface area contributed by atoms with Crippen molar-refractivity contribution in [3.63, 3.8) is 0 Å². The van der Waals surface area contributed by atoms with E-state index in [1.54, 1.807) is 17.8 Å². The van der Waals surface area contributed by atoms with Crippen molar-refractivity contribution < 1.29 is 19.4 Å². The number of hydrogen-bond donors (Lipinski definition) is 4. The van der Waals surface area contributed by atoms with E-state index < -0.39 is 18.4 Å². The number of fused-ring (bicyclic) bond motifs is 2. The zero-order valence-electron chi connectivity index (χ0n) is 17.6. The van der Waals surface area contributed by atoms with Crippen LogP contribution in [0.1, 0.15) is 37.0 Å². The third kappa shape index (κ3) is 5.03. The molecular weight excluding hydrogens is 414 g/mol. The van der Waals surface area contributed by atoms with E-state index in [1.165, 1.54) is 0 Å². The molecule has 0 aliphatic carbocycles. The van der Waals surface area contributed by atoms with Crippen molar-refractivity contribution in [3.8, 4) is 0 Å². The summed E-state index contributed by atoms with van der Waals surface area (Å²) in [7, 11) is 0. The summed E-state index contributed by atoms with van der Waals surface area (Å²) in [5.41, 5.74) is 2.36. The van der Waals surface area contributed by atoms with E-state index in [9.17, 15) is 14.7 Å². The van der Waals surface area contributed by atoms with Gasteiger partial charge in [-0.2, -0.15) is 0 Å². The molecule has 164 valence electrons. The highest BCUT2D eigenvalue weighted by molar-refractivity contribution is 7.99. The Balaban J connectivity index is 1.46. The van der Waals surface area contributed by atoms with Gasteiger partial charge in [-0.1, -0.05) is 37.7 Å². The summed E-state index contributed by atoms with van der Waals surface area (Å²) in [6.45, 7) is 4.39. The van der Waals surface area contributed by atoms with Crippen LogP contribution in [0, 0.1) is 5.92 Å². The number of aliphatic hydroxyl groups is 1. The van der Waals surface area contributed by atoms with Crippen LogP contribution in [0.5, 0.6) is 0 Å². The second kappa shape index (κ2) is 9.30. The van der Waals surface area contributed by atoms with Gasteiger partial charge in [0.05, 0.1) is 24.0 Å². The molecule has 2 aromatic carbocycles.